The summed E-state index contributed by atoms with van der Waals surface area (Å²) in [4.78, 5) is 13.5. The van der Waals surface area contributed by atoms with Crippen molar-refractivity contribution in [2.24, 2.45) is 5.73 Å². The average Bonchev–Trinajstić information content (AvgIpc) is 2.26. The van der Waals surface area contributed by atoms with Gasteiger partial charge in [-0.2, -0.15) is 0 Å². The second-order valence-corrected chi connectivity index (χ2v) is 3.70. The van der Waals surface area contributed by atoms with Crippen molar-refractivity contribution in [3.05, 3.63) is 29.8 Å². The van der Waals surface area contributed by atoms with Crippen LogP contribution in [-0.2, 0) is 4.79 Å². The lowest BCUT2D eigenvalue weighted by molar-refractivity contribution is -0.119. The number of benzene rings is 1. The molecular weight excluding hydrogens is 188 g/mol. The minimum absolute atomic E-state index is 0.0354. The molecule has 1 aromatic carbocycles. The number of nitrogens with two attached hydrogens (primary N) is 1. The van der Waals surface area contributed by atoms with Gasteiger partial charge in [0.15, 0.2) is 0 Å². The third-order valence-corrected chi connectivity index (χ3v) is 2.56. The molecule has 1 atom stereocenters. The molecule has 0 bridgehead atoms. The smallest absolute Gasteiger partial charge is 0.243 e. The molecule has 0 heterocycles. The van der Waals surface area contributed by atoms with E-state index in [0.717, 1.165) is 11.3 Å². The number of carbonyl (C=O) groups is 1. The van der Waals surface area contributed by atoms with Gasteiger partial charge >= 0.3 is 0 Å². The van der Waals surface area contributed by atoms with Crippen LogP contribution in [0, 0.1) is 6.92 Å². The highest BCUT2D eigenvalue weighted by Gasteiger charge is 2.18. The van der Waals surface area contributed by atoms with Gasteiger partial charge in [0.2, 0.25) is 5.91 Å². The number of likely N-dealkylation sites (N-methyl/N-ethyl adjacent to an activating group) is 1. The summed E-state index contributed by atoms with van der Waals surface area (Å²) in [7, 11) is 1.76. The number of anilines is 1. The summed E-state index contributed by atoms with van der Waals surface area (Å²) in [5, 5.41) is 0. The van der Waals surface area contributed by atoms with Gasteiger partial charge in [-0.05, 0) is 25.0 Å². The van der Waals surface area contributed by atoms with Crippen LogP contribution >= 0.6 is 0 Å². The van der Waals surface area contributed by atoms with Gasteiger partial charge in [0.25, 0.3) is 0 Å². The van der Waals surface area contributed by atoms with Gasteiger partial charge in [-0.3, -0.25) is 4.79 Å². The van der Waals surface area contributed by atoms with E-state index in [1.165, 1.54) is 0 Å². The first-order valence-electron chi connectivity index (χ1n) is 5.16. The van der Waals surface area contributed by atoms with Crippen LogP contribution < -0.4 is 10.6 Å². The summed E-state index contributed by atoms with van der Waals surface area (Å²) in [5.41, 5.74) is 7.72. The average molecular weight is 206 g/mol. The Labute approximate surface area is 90.9 Å². The number of nitrogens with zero attached hydrogens (tertiary/aromatic N) is 1. The minimum Gasteiger partial charge on any atom is -0.320 e. The van der Waals surface area contributed by atoms with Crippen molar-refractivity contribution < 1.29 is 4.79 Å². The standard InChI is InChI=1S/C12H18N2O/c1-4-10(13)12(15)14(3)11-8-6-5-7-9(11)2/h5-8,10H,4,13H2,1-3H3. The lowest BCUT2D eigenvalue weighted by Crippen LogP contribution is -2.41. The van der Waals surface area contributed by atoms with E-state index in [1.54, 1.807) is 11.9 Å². The Balaban J connectivity index is 2.90. The largest absolute Gasteiger partial charge is 0.320 e. The quantitative estimate of drug-likeness (QED) is 0.818. The van der Waals surface area contributed by atoms with Crippen molar-refractivity contribution in [2.75, 3.05) is 11.9 Å². The van der Waals surface area contributed by atoms with Gasteiger partial charge in [0, 0.05) is 12.7 Å². The van der Waals surface area contributed by atoms with Crippen LogP contribution in [0.3, 0.4) is 0 Å². The zero-order chi connectivity index (χ0) is 11.4. The Kier molecular flexibility index (Phi) is 3.86. The van der Waals surface area contributed by atoms with Crippen LogP contribution in [0.15, 0.2) is 24.3 Å². The summed E-state index contributed by atoms with van der Waals surface area (Å²) in [6, 6.07) is 7.38. The first-order valence-corrected chi connectivity index (χ1v) is 5.16. The Morgan fingerprint density at radius 1 is 1.47 bits per heavy atom. The Bertz CT molecular complexity index is 349. The molecule has 0 aliphatic heterocycles. The van der Waals surface area contributed by atoms with Crippen molar-refractivity contribution in [1.29, 1.82) is 0 Å². The fourth-order valence-corrected chi connectivity index (χ4v) is 1.48. The SMILES string of the molecule is CCC(N)C(=O)N(C)c1ccccc1C. The highest BCUT2D eigenvalue weighted by Crippen LogP contribution is 2.18. The molecule has 3 nitrogen and oxygen atoms in total. The third kappa shape index (κ3) is 2.57. The number of aryl methyl sites for hydroxylation is 1. The van der Waals surface area contributed by atoms with Crippen molar-refractivity contribution in [2.45, 2.75) is 26.3 Å². The normalized spacial score (nSPS) is 12.3. The summed E-state index contributed by atoms with van der Waals surface area (Å²) in [6.45, 7) is 3.89. The molecule has 1 amide bonds. The molecule has 3 heteroatoms. The summed E-state index contributed by atoms with van der Waals surface area (Å²) in [6.07, 6.45) is 0.662. The molecule has 82 valence electrons. The topological polar surface area (TPSA) is 46.3 Å². The zero-order valence-electron chi connectivity index (χ0n) is 9.53. The number of hydrogen-bond donors (Lipinski definition) is 1. The molecule has 0 saturated carbocycles. The van der Waals surface area contributed by atoms with Crippen molar-refractivity contribution in [3.8, 4) is 0 Å². The maximum Gasteiger partial charge on any atom is 0.243 e. The van der Waals surface area contributed by atoms with Crippen LogP contribution in [0.2, 0.25) is 0 Å². The molecule has 0 fully saturated rings. The second kappa shape index (κ2) is 4.94. The van der Waals surface area contributed by atoms with Crippen LogP contribution in [0.4, 0.5) is 5.69 Å². The first kappa shape index (κ1) is 11.7. The molecule has 2 N–H and O–H groups in total. The Hall–Kier alpha value is -1.35. The summed E-state index contributed by atoms with van der Waals surface area (Å²) in [5.74, 6) is -0.0354. The number of para-hydroxylation sites is 1. The third-order valence-electron chi connectivity index (χ3n) is 2.56. The highest BCUT2D eigenvalue weighted by atomic mass is 16.2. The van der Waals surface area contributed by atoms with Crippen LogP contribution in [-0.4, -0.2) is 19.0 Å². The molecule has 0 saturated heterocycles. The molecular formula is C12H18N2O. The van der Waals surface area contributed by atoms with E-state index in [0.29, 0.717) is 6.42 Å². The van der Waals surface area contributed by atoms with E-state index in [9.17, 15) is 4.79 Å². The lowest BCUT2D eigenvalue weighted by Gasteiger charge is -2.22. The molecule has 1 aromatic rings. The van der Waals surface area contributed by atoms with Gasteiger partial charge in [0.05, 0.1) is 6.04 Å². The Morgan fingerprint density at radius 2 is 2.07 bits per heavy atom. The lowest BCUT2D eigenvalue weighted by atomic mass is 10.1. The minimum atomic E-state index is -0.408. The van der Waals surface area contributed by atoms with Crippen LogP contribution in [0.5, 0.6) is 0 Å². The van der Waals surface area contributed by atoms with Crippen molar-refractivity contribution in [3.63, 3.8) is 0 Å². The number of amides is 1. The second-order valence-electron chi connectivity index (χ2n) is 3.70. The number of hydrogen-bond acceptors (Lipinski definition) is 2. The van der Waals surface area contributed by atoms with Crippen LogP contribution in [0.1, 0.15) is 18.9 Å². The predicted octanol–water partition coefficient (Wildman–Crippen LogP) is 1.70. The number of rotatable bonds is 3. The first-order chi connectivity index (χ1) is 7.07. The molecule has 0 aliphatic rings. The molecule has 0 spiro atoms. The van der Waals surface area contributed by atoms with Gasteiger partial charge in [-0.15, -0.1) is 0 Å². The van der Waals surface area contributed by atoms with Crippen molar-refractivity contribution >= 4 is 11.6 Å². The molecule has 15 heavy (non-hydrogen) atoms. The molecule has 1 unspecified atom stereocenters. The molecule has 1 rings (SSSR count). The van der Waals surface area contributed by atoms with Crippen molar-refractivity contribution in [1.82, 2.24) is 0 Å². The fraction of sp³-hybridized carbons (Fsp3) is 0.417. The monoisotopic (exact) mass is 206 g/mol. The molecule has 0 aliphatic carbocycles. The maximum atomic E-state index is 11.8. The summed E-state index contributed by atoms with van der Waals surface area (Å²) < 4.78 is 0. The van der Waals surface area contributed by atoms with E-state index < -0.39 is 6.04 Å². The highest BCUT2D eigenvalue weighted by molar-refractivity contribution is 5.97. The molecule has 0 aromatic heterocycles. The zero-order valence-corrected chi connectivity index (χ0v) is 9.53. The Morgan fingerprint density at radius 3 is 2.60 bits per heavy atom. The van der Waals surface area contributed by atoms with E-state index in [-0.39, 0.29) is 5.91 Å². The van der Waals surface area contributed by atoms with Gasteiger partial charge in [-0.25, -0.2) is 0 Å². The van der Waals surface area contributed by atoms with E-state index in [2.05, 4.69) is 0 Å². The van der Waals surface area contributed by atoms with Crippen LogP contribution in [0.25, 0.3) is 0 Å². The molecule has 0 radical (unpaired) electrons. The van der Waals surface area contributed by atoms with Gasteiger partial charge in [0.1, 0.15) is 0 Å². The van der Waals surface area contributed by atoms with E-state index in [4.69, 9.17) is 5.73 Å². The van der Waals surface area contributed by atoms with E-state index >= 15 is 0 Å². The van der Waals surface area contributed by atoms with Gasteiger partial charge < -0.3 is 10.6 Å². The fourth-order valence-electron chi connectivity index (χ4n) is 1.48. The summed E-state index contributed by atoms with van der Waals surface area (Å²) >= 11 is 0. The maximum absolute atomic E-state index is 11.8. The van der Waals surface area contributed by atoms with Gasteiger partial charge in [-0.1, -0.05) is 25.1 Å². The van der Waals surface area contributed by atoms with E-state index in [1.807, 2.05) is 38.1 Å². The predicted molar refractivity (Wildman–Crippen MR) is 62.9 cm³/mol. The number of carbonyl (C=O) groups excluding carboxylic acids is 1.